The van der Waals surface area contributed by atoms with Gasteiger partial charge in [-0.2, -0.15) is 0 Å². The van der Waals surface area contributed by atoms with Crippen molar-refractivity contribution in [1.29, 1.82) is 0 Å². The third kappa shape index (κ3) is 3.82. The van der Waals surface area contributed by atoms with E-state index in [0.717, 1.165) is 11.0 Å². The average molecular weight is 349 g/mol. The number of fused-ring (bicyclic) bond motifs is 1. The Hall–Kier alpha value is -2.95. The molecule has 0 fully saturated rings. The summed E-state index contributed by atoms with van der Waals surface area (Å²) in [5.74, 6) is 0.635. The van der Waals surface area contributed by atoms with Gasteiger partial charge in [-0.05, 0) is 12.1 Å². The van der Waals surface area contributed by atoms with Crippen LogP contribution in [0.15, 0.2) is 54.6 Å². The van der Waals surface area contributed by atoms with Crippen molar-refractivity contribution in [3.8, 4) is 0 Å². The molecule has 1 amide bonds. The Labute approximate surface area is 153 Å². The van der Waals surface area contributed by atoms with Crippen LogP contribution in [0.25, 0.3) is 11.0 Å². The van der Waals surface area contributed by atoms with Crippen LogP contribution >= 0.6 is 0 Å². The van der Waals surface area contributed by atoms with Crippen molar-refractivity contribution >= 4 is 22.7 Å². The van der Waals surface area contributed by atoms with Crippen LogP contribution in [-0.4, -0.2) is 21.2 Å². The van der Waals surface area contributed by atoms with Crippen LogP contribution in [0.4, 0.5) is 0 Å². The minimum Gasteiger partial charge on any atom is -0.348 e. The molecule has 1 N–H and O–H groups in total. The normalized spacial score (nSPS) is 11.5. The van der Waals surface area contributed by atoms with Crippen molar-refractivity contribution in [2.24, 2.45) is 5.41 Å². The number of Topliss-reactive ketones (excluding diaryl/α,β-unsaturated/α-hetero) is 1. The molecule has 0 aliphatic rings. The Balaban J connectivity index is 1.90. The van der Waals surface area contributed by atoms with Gasteiger partial charge in [0.25, 0.3) is 0 Å². The second-order valence-electron chi connectivity index (χ2n) is 7.32. The first-order chi connectivity index (χ1) is 12.4. The molecule has 0 radical (unpaired) electrons. The van der Waals surface area contributed by atoms with Gasteiger partial charge in [0.1, 0.15) is 5.82 Å². The molecule has 5 heteroatoms. The Bertz CT molecular complexity index is 937. The Morgan fingerprint density at radius 2 is 1.65 bits per heavy atom. The zero-order valence-electron chi connectivity index (χ0n) is 15.3. The van der Waals surface area contributed by atoms with Crippen molar-refractivity contribution in [2.75, 3.05) is 0 Å². The molecule has 0 bridgehead atoms. The Morgan fingerprint density at radius 3 is 2.35 bits per heavy atom. The summed E-state index contributed by atoms with van der Waals surface area (Å²) in [6.45, 7) is 6.07. The minimum absolute atomic E-state index is 0.0113. The van der Waals surface area contributed by atoms with Gasteiger partial charge in [-0.3, -0.25) is 9.59 Å². The SMILES string of the molecule is CC(C)(C)C(=O)NCc1nc2ccccc2n1CC(=O)c1ccccc1. The third-order valence-corrected chi connectivity index (χ3v) is 4.22. The maximum atomic E-state index is 12.7. The number of amides is 1. The first kappa shape index (κ1) is 17.9. The fraction of sp³-hybridized carbons (Fsp3) is 0.286. The van der Waals surface area contributed by atoms with Crippen LogP contribution in [0.5, 0.6) is 0 Å². The van der Waals surface area contributed by atoms with Crippen LogP contribution < -0.4 is 5.32 Å². The lowest BCUT2D eigenvalue weighted by Gasteiger charge is -2.17. The van der Waals surface area contributed by atoms with Crippen LogP contribution in [0, 0.1) is 5.41 Å². The number of nitrogens with zero attached hydrogens (tertiary/aromatic N) is 2. The monoisotopic (exact) mass is 349 g/mol. The van der Waals surface area contributed by atoms with Gasteiger partial charge in [-0.25, -0.2) is 4.98 Å². The highest BCUT2D eigenvalue weighted by atomic mass is 16.2. The maximum Gasteiger partial charge on any atom is 0.225 e. The molecule has 134 valence electrons. The molecule has 2 aromatic carbocycles. The van der Waals surface area contributed by atoms with E-state index >= 15 is 0 Å². The fourth-order valence-corrected chi connectivity index (χ4v) is 2.72. The molecule has 0 atom stereocenters. The van der Waals surface area contributed by atoms with Gasteiger partial charge >= 0.3 is 0 Å². The predicted octanol–water partition coefficient (Wildman–Crippen LogP) is 3.58. The number of rotatable bonds is 5. The van der Waals surface area contributed by atoms with E-state index in [2.05, 4.69) is 10.3 Å². The van der Waals surface area contributed by atoms with Crippen molar-refractivity contribution in [1.82, 2.24) is 14.9 Å². The third-order valence-electron chi connectivity index (χ3n) is 4.22. The molecular weight excluding hydrogens is 326 g/mol. The largest absolute Gasteiger partial charge is 0.348 e. The van der Waals surface area contributed by atoms with E-state index < -0.39 is 5.41 Å². The highest BCUT2D eigenvalue weighted by Crippen LogP contribution is 2.18. The number of benzene rings is 2. The van der Waals surface area contributed by atoms with Crippen molar-refractivity contribution < 1.29 is 9.59 Å². The summed E-state index contributed by atoms with van der Waals surface area (Å²) >= 11 is 0. The summed E-state index contributed by atoms with van der Waals surface area (Å²) in [7, 11) is 0. The van der Waals surface area contributed by atoms with Crippen LogP contribution in [0.1, 0.15) is 37.0 Å². The van der Waals surface area contributed by atoms with Gasteiger partial charge in [-0.1, -0.05) is 63.2 Å². The molecule has 0 saturated carbocycles. The molecular formula is C21H23N3O2. The summed E-state index contributed by atoms with van der Waals surface area (Å²) in [6, 6.07) is 16.9. The number of hydrogen-bond acceptors (Lipinski definition) is 3. The number of carbonyl (C=O) groups is 2. The van der Waals surface area contributed by atoms with Crippen molar-refractivity contribution in [3.05, 3.63) is 66.0 Å². The van der Waals surface area contributed by atoms with Crippen molar-refractivity contribution in [3.63, 3.8) is 0 Å². The first-order valence-electron chi connectivity index (χ1n) is 8.67. The summed E-state index contributed by atoms with van der Waals surface area (Å²) in [5, 5.41) is 2.92. The summed E-state index contributed by atoms with van der Waals surface area (Å²) in [6.07, 6.45) is 0. The first-order valence-corrected chi connectivity index (χ1v) is 8.67. The average Bonchev–Trinajstić information content (AvgIpc) is 2.97. The van der Waals surface area contributed by atoms with E-state index in [9.17, 15) is 9.59 Å². The van der Waals surface area contributed by atoms with Gasteiger partial charge in [0.05, 0.1) is 24.1 Å². The number of imidazole rings is 1. The van der Waals surface area contributed by atoms with E-state index in [1.54, 1.807) is 0 Å². The molecule has 0 aliphatic carbocycles. The molecule has 3 aromatic rings. The van der Waals surface area contributed by atoms with Crippen molar-refractivity contribution in [2.45, 2.75) is 33.9 Å². The van der Waals surface area contributed by atoms with E-state index in [1.807, 2.05) is 79.9 Å². The number of ketones is 1. The maximum absolute atomic E-state index is 12.7. The van der Waals surface area contributed by atoms with Gasteiger partial charge in [0.15, 0.2) is 5.78 Å². The van der Waals surface area contributed by atoms with E-state index in [0.29, 0.717) is 11.4 Å². The lowest BCUT2D eigenvalue weighted by atomic mass is 9.96. The van der Waals surface area contributed by atoms with Gasteiger partial charge in [0, 0.05) is 11.0 Å². The highest BCUT2D eigenvalue weighted by molar-refractivity contribution is 5.96. The van der Waals surface area contributed by atoms with E-state index in [-0.39, 0.29) is 24.8 Å². The lowest BCUT2D eigenvalue weighted by molar-refractivity contribution is -0.128. The number of carbonyl (C=O) groups excluding carboxylic acids is 2. The molecule has 26 heavy (non-hydrogen) atoms. The molecule has 3 rings (SSSR count). The van der Waals surface area contributed by atoms with E-state index in [4.69, 9.17) is 0 Å². The number of para-hydroxylation sites is 2. The minimum atomic E-state index is -0.475. The molecule has 0 aliphatic heterocycles. The Kier molecular flexibility index (Phi) is 4.89. The molecule has 0 spiro atoms. The van der Waals surface area contributed by atoms with Gasteiger partial charge in [-0.15, -0.1) is 0 Å². The standard InChI is InChI=1S/C21H23N3O2/c1-21(2,3)20(26)22-13-19-23-16-11-7-8-12-17(16)24(19)14-18(25)15-9-5-4-6-10-15/h4-12H,13-14H2,1-3H3,(H,22,26). The van der Waals surface area contributed by atoms with Crippen LogP contribution in [0.3, 0.4) is 0 Å². The Morgan fingerprint density at radius 1 is 1.00 bits per heavy atom. The molecule has 1 heterocycles. The topological polar surface area (TPSA) is 64.0 Å². The summed E-state index contributed by atoms with van der Waals surface area (Å²) in [5.41, 5.74) is 1.89. The zero-order chi connectivity index (χ0) is 18.7. The number of hydrogen-bond donors (Lipinski definition) is 1. The number of nitrogens with one attached hydrogen (secondary N) is 1. The predicted molar refractivity (Wildman–Crippen MR) is 102 cm³/mol. The quantitative estimate of drug-likeness (QED) is 0.716. The summed E-state index contributed by atoms with van der Waals surface area (Å²) < 4.78 is 1.88. The molecule has 0 unspecified atom stereocenters. The summed E-state index contributed by atoms with van der Waals surface area (Å²) in [4.78, 5) is 29.5. The van der Waals surface area contributed by atoms with Gasteiger partial charge < -0.3 is 9.88 Å². The molecule has 1 aromatic heterocycles. The van der Waals surface area contributed by atoms with Crippen LogP contribution in [-0.2, 0) is 17.9 Å². The lowest BCUT2D eigenvalue weighted by Crippen LogP contribution is -2.35. The number of aromatic nitrogens is 2. The highest BCUT2D eigenvalue weighted by Gasteiger charge is 2.22. The van der Waals surface area contributed by atoms with E-state index in [1.165, 1.54) is 0 Å². The molecule has 5 nitrogen and oxygen atoms in total. The fourth-order valence-electron chi connectivity index (χ4n) is 2.72. The molecule has 0 saturated heterocycles. The second kappa shape index (κ2) is 7.12. The smallest absolute Gasteiger partial charge is 0.225 e. The second-order valence-corrected chi connectivity index (χ2v) is 7.32. The van der Waals surface area contributed by atoms with Crippen LogP contribution in [0.2, 0.25) is 0 Å². The van der Waals surface area contributed by atoms with Gasteiger partial charge in [0.2, 0.25) is 5.91 Å². The zero-order valence-corrected chi connectivity index (χ0v) is 15.3.